The molecule has 0 aromatic heterocycles. The average Bonchev–Trinajstić information content (AvgIpc) is 2.30. The maximum absolute atomic E-state index is 12.7. The molecule has 4 heteroatoms. The molecule has 0 spiro atoms. The summed E-state index contributed by atoms with van der Waals surface area (Å²) in [5, 5.41) is 0. The van der Waals surface area contributed by atoms with Crippen molar-refractivity contribution in [3.05, 3.63) is 35.6 Å². The highest BCUT2D eigenvalue weighted by Crippen LogP contribution is 2.13. The highest BCUT2D eigenvalue weighted by Gasteiger charge is 2.21. The molecule has 1 amide bonds. The zero-order valence-corrected chi connectivity index (χ0v) is 9.03. The average molecular weight is 238 g/mol. The van der Waals surface area contributed by atoms with E-state index in [1.807, 2.05) is 0 Å². The summed E-state index contributed by atoms with van der Waals surface area (Å²) < 4.78 is 12.7. The Morgan fingerprint density at radius 2 is 1.76 bits per heavy atom. The molecule has 1 heterocycles. The van der Waals surface area contributed by atoms with Crippen LogP contribution in [0.25, 0.3) is 0 Å². The van der Waals surface area contributed by atoms with Gasteiger partial charge >= 0.3 is 0 Å². The number of amides is 1. The zero-order chi connectivity index (χ0) is 11.5. The van der Waals surface area contributed by atoms with Gasteiger partial charge in [0.15, 0.2) is 0 Å². The normalized spacial score (nSPS) is 16.5. The number of benzene rings is 1. The topological polar surface area (TPSA) is 46.3 Å². The third kappa shape index (κ3) is 3.27. The summed E-state index contributed by atoms with van der Waals surface area (Å²) in [4.78, 5) is 13.8. The van der Waals surface area contributed by atoms with Crippen molar-refractivity contribution in [2.75, 3.05) is 13.1 Å². The molecule has 0 aliphatic carbocycles. The van der Waals surface area contributed by atoms with Crippen LogP contribution in [0.5, 0.6) is 0 Å². The fourth-order valence-electron chi connectivity index (χ4n) is 1.88. The number of carbonyl (C=O) groups is 1. The third-order valence-corrected chi connectivity index (χ3v) is 2.92. The van der Waals surface area contributed by atoms with E-state index in [0.717, 1.165) is 12.8 Å². The second-order valence-electron chi connectivity index (χ2n) is 4.14. The summed E-state index contributed by atoms with van der Waals surface area (Å²) in [5.41, 5.74) is 6.31. The van der Waals surface area contributed by atoms with Gasteiger partial charge in [-0.25, -0.2) is 4.39 Å². The maximum Gasteiger partial charge on any atom is 0.253 e. The minimum absolute atomic E-state index is 0. The molecule has 1 aromatic carbocycles. The minimum atomic E-state index is -0.322. The van der Waals surface area contributed by atoms with Crippen LogP contribution in [0.4, 0.5) is 4.39 Å². The highest BCUT2D eigenvalue weighted by molar-refractivity contribution is 5.94. The first-order valence-electron chi connectivity index (χ1n) is 5.47. The number of rotatable bonds is 1. The van der Waals surface area contributed by atoms with E-state index in [1.165, 1.54) is 24.3 Å². The Morgan fingerprint density at radius 1 is 1.24 bits per heavy atom. The van der Waals surface area contributed by atoms with E-state index in [9.17, 15) is 9.18 Å². The lowest BCUT2D eigenvalue weighted by Gasteiger charge is -2.30. The molecule has 3 nitrogen and oxygen atoms in total. The van der Waals surface area contributed by atoms with Crippen LogP contribution in [0.15, 0.2) is 24.3 Å². The predicted molar refractivity (Wildman–Crippen MR) is 66.2 cm³/mol. The van der Waals surface area contributed by atoms with E-state index in [0.29, 0.717) is 18.7 Å². The Balaban J connectivity index is 0.00000144. The predicted octanol–water partition coefficient (Wildman–Crippen LogP) is 2.03. The van der Waals surface area contributed by atoms with Crippen molar-refractivity contribution < 1.29 is 9.18 Å². The van der Waals surface area contributed by atoms with Crippen LogP contribution in [0.3, 0.4) is 0 Å². The van der Waals surface area contributed by atoms with Crippen molar-refractivity contribution in [2.45, 2.75) is 26.3 Å². The quantitative estimate of drug-likeness (QED) is 0.813. The lowest BCUT2D eigenvalue weighted by molar-refractivity contribution is 0.0714. The molecule has 1 saturated heterocycles. The Kier molecular flexibility index (Phi) is 4.63. The summed E-state index contributed by atoms with van der Waals surface area (Å²) in [6.07, 6.45) is 1.68. The molecule has 1 aliphatic rings. The van der Waals surface area contributed by atoms with Crippen LogP contribution >= 0.6 is 0 Å². The van der Waals surface area contributed by atoms with Gasteiger partial charge in [-0.05, 0) is 37.1 Å². The standard InChI is InChI=1S/C12H15FN2O.CH4/c13-10-3-1-9(2-4-10)12(16)15-7-5-11(14)6-8-15;/h1-4,11H,5-8,14H2;1H4. The monoisotopic (exact) mass is 238 g/mol. The number of hydrogen-bond donors (Lipinski definition) is 1. The molecule has 0 bridgehead atoms. The van der Waals surface area contributed by atoms with Gasteiger partial charge in [-0.3, -0.25) is 4.79 Å². The van der Waals surface area contributed by atoms with Crippen LogP contribution in [0.2, 0.25) is 0 Å². The first-order chi connectivity index (χ1) is 7.66. The number of likely N-dealkylation sites (tertiary alicyclic amines) is 1. The number of hydrogen-bond acceptors (Lipinski definition) is 2. The molecule has 0 radical (unpaired) electrons. The first-order valence-corrected chi connectivity index (χ1v) is 5.47. The number of piperidine rings is 1. The van der Waals surface area contributed by atoms with Gasteiger partial charge in [0.1, 0.15) is 5.82 Å². The van der Waals surface area contributed by atoms with Crippen molar-refractivity contribution >= 4 is 5.91 Å². The van der Waals surface area contributed by atoms with E-state index in [2.05, 4.69) is 0 Å². The van der Waals surface area contributed by atoms with Crippen molar-refractivity contribution in [2.24, 2.45) is 5.73 Å². The van der Waals surface area contributed by atoms with Crippen molar-refractivity contribution in [1.29, 1.82) is 0 Å². The summed E-state index contributed by atoms with van der Waals surface area (Å²) in [6, 6.07) is 5.86. The van der Waals surface area contributed by atoms with E-state index >= 15 is 0 Å². The molecule has 0 saturated carbocycles. The summed E-state index contributed by atoms with van der Waals surface area (Å²) in [7, 11) is 0. The smallest absolute Gasteiger partial charge is 0.253 e. The second kappa shape index (κ2) is 5.77. The van der Waals surface area contributed by atoms with Gasteiger partial charge in [0.05, 0.1) is 0 Å². The maximum atomic E-state index is 12.7. The van der Waals surface area contributed by atoms with E-state index < -0.39 is 0 Å². The molecule has 2 rings (SSSR count). The van der Waals surface area contributed by atoms with Crippen LogP contribution in [0, 0.1) is 5.82 Å². The Hall–Kier alpha value is -1.42. The fraction of sp³-hybridized carbons (Fsp3) is 0.462. The molecule has 0 atom stereocenters. The number of nitrogens with zero attached hydrogens (tertiary/aromatic N) is 1. The van der Waals surface area contributed by atoms with Gasteiger partial charge in [-0.15, -0.1) is 0 Å². The fourth-order valence-corrected chi connectivity index (χ4v) is 1.88. The Bertz CT molecular complexity index is 370. The van der Waals surface area contributed by atoms with Crippen molar-refractivity contribution in [3.63, 3.8) is 0 Å². The highest BCUT2D eigenvalue weighted by atomic mass is 19.1. The molecule has 17 heavy (non-hydrogen) atoms. The van der Waals surface area contributed by atoms with Gasteiger partial charge in [-0.1, -0.05) is 7.43 Å². The van der Waals surface area contributed by atoms with Crippen LogP contribution in [-0.4, -0.2) is 29.9 Å². The zero-order valence-electron chi connectivity index (χ0n) is 9.03. The van der Waals surface area contributed by atoms with Crippen molar-refractivity contribution in [3.8, 4) is 0 Å². The number of halogens is 1. The van der Waals surface area contributed by atoms with E-state index in [1.54, 1.807) is 4.90 Å². The van der Waals surface area contributed by atoms with Crippen molar-refractivity contribution in [1.82, 2.24) is 4.90 Å². The molecule has 1 fully saturated rings. The lowest BCUT2D eigenvalue weighted by atomic mass is 10.0. The molecular formula is C13H19FN2O. The van der Waals surface area contributed by atoms with E-state index in [4.69, 9.17) is 5.73 Å². The SMILES string of the molecule is C.NC1CCN(C(=O)c2ccc(F)cc2)CC1. The molecule has 1 aliphatic heterocycles. The van der Waals surface area contributed by atoms with Gasteiger partial charge < -0.3 is 10.6 Å². The number of nitrogens with two attached hydrogens (primary N) is 1. The third-order valence-electron chi connectivity index (χ3n) is 2.92. The van der Waals surface area contributed by atoms with Gasteiger partial charge in [0.25, 0.3) is 5.91 Å². The molecule has 94 valence electrons. The van der Waals surface area contributed by atoms with Gasteiger partial charge in [-0.2, -0.15) is 0 Å². The summed E-state index contributed by atoms with van der Waals surface area (Å²) >= 11 is 0. The second-order valence-corrected chi connectivity index (χ2v) is 4.14. The number of carbonyl (C=O) groups excluding carboxylic acids is 1. The largest absolute Gasteiger partial charge is 0.339 e. The van der Waals surface area contributed by atoms with Crippen LogP contribution in [0.1, 0.15) is 30.6 Å². The lowest BCUT2D eigenvalue weighted by Crippen LogP contribution is -2.42. The van der Waals surface area contributed by atoms with Gasteiger partial charge in [0, 0.05) is 24.7 Å². The van der Waals surface area contributed by atoms with Crippen LogP contribution < -0.4 is 5.73 Å². The first kappa shape index (κ1) is 13.6. The van der Waals surface area contributed by atoms with Gasteiger partial charge in [0.2, 0.25) is 0 Å². The van der Waals surface area contributed by atoms with Crippen LogP contribution in [-0.2, 0) is 0 Å². The molecule has 2 N–H and O–H groups in total. The summed E-state index contributed by atoms with van der Waals surface area (Å²) in [5.74, 6) is -0.357. The summed E-state index contributed by atoms with van der Waals surface area (Å²) in [6.45, 7) is 1.38. The Labute approximate surface area is 101 Å². The Morgan fingerprint density at radius 3 is 2.29 bits per heavy atom. The molecule has 0 unspecified atom stereocenters. The van der Waals surface area contributed by atoms with E-state index in [-0.39, 0.29) is 25.2 Å². The minimum Gasteiger partial charge on any atom is -0.339 e. The molecular weight excluding hydrogens is 219 g/mol. The molecule has 1 aromatic rings.